The molecule has 1 aromatic carbocycles. The predicted octanol–water partition coefficient (Wildman–Crippen LogP) is 3.81. The summed E-state index contributed by atoms with van der Waals surface area (Å²) in [5.74, 6) is 0.708. The Morgan fingerprint density at radius 1 is 1.32 bits per heavy atom. The van der Waals surface area contributed by atoms with Crippen LogP contribution in [0, 0.1) is 5.92 Å². The van der Waals surface area contributed by atoms with E-state index in [2.05, 4.69) is 17.2 Å². The lowest BCUT2D eigenvalue weighted by Crippen LogP contribution is -2.19. The van der Waals surface area contributed by atoms with E-state index in [4.69, 9.17) is 4.42 Å². The number of nitrogens with zero attached hydrogens (tertiary/aromatic N) is 1. The van der Waals surface area contributed by atoms with Crippen molar-refractivity contribution in [2.45, 2.75) is 39.5 Å². The highest BCUT2D eigenvalue weighted by molar-refractivity contribution is 6.11. The smallest absolute Gasteiger partial charge is 0.347 e. The van der Waals surface area contributed by atoms with Crippen molar-refractivity contribution < 1.29 is 9.21 Å². The Labute approximate surface area is 145 Å². The first-order chi connectivity index (χ1) is 12.1. The monoisotopic (exact) mass is 336 g/mol. The summed E-state index contributed by atoms with van der Waals surface area (Å²) in [6.45, 7) is 3.99. The number of hydrogen-bond acceptors (Lipinski definition) is 4. The van der Waals surface area contributed by atoms with Gasteiger partial charge in [0.15, 0.2) is 0 Å². The van der Waals surface area contributed by atoms with E-state index in [-0.39, 0.29) is 5.91 Å². The number of carbonyl (C=O) groups excluding carboxylic acids is 1. The van der Waals surface area contributed by atoms with E-state index in [1.165, 1.54) is 0 Å². The molecule has 1 aliphatic rings. The Bertz CT molecular complexity index is 1050. The van der Waals surface area contributed by atoms with Crippen LogP contribution < -0.4 is 10.9 Å². The normalized spacial score (nSPS) is 16.8. The van der Waals surface area contributed by atoms with E-state index in [9.17, 15) is 9.59 Å². The van der Waals surface area contributed by atoms with Gasteiger partial charge in [0, 0.05) is 22.9 Å². The van der Waals surface area contributed by atoms with Gasteiger partial charge in [-0.1, -0.05) is 32.0 Å². The minimum absolute atomic E-state index is 0.162. The third-order valence-electron chi connectivity index (χ3n) is 4.95. The first-order valence-electron chi connectivity index (χ1n) is 8.75. The average molecular weight is 336 g/mol. The van der Waals surface area contributed by atoms with Crippen LogP contribution in [0.5, 0.6) is 0 Å². The van der Waals surface area contributed by atoms with Crippen molar-refractivity contribution in [1.82, 2.24) is 4.98 Å². The zero-order valence-electron chi connectivity index (χ0n) is 14.4. The Balaban J connectivity index is 2.14. The van der Waals surface area contributed by atoms with Crippen LogP contribution in [0.15, 0.2) is 33.5 Å². The van der Waals surface area contributed by atoms with Crippen molar-refractivity contribution in [3.63, 3.8) is 0 Å². The molecule has 0 saturated heterocycles. The summed E-state index contributed by atoms with van der Waals surface area (Å²) in [5, 5.41) is 4.96. The minimum atomic E-state index is -0.450. The molecule has 5 nitrogen and oxygen atoms in total. The van der Waals surface area contributed by atoms with Crippen molar-refractivity contribution in [3.05, 3.63) is 45.9 Å². The van der Waals surface area contributed by atoms with E-state index in [0.29, 0.717) is 29.1 Å². The highest BCUT2D eigenvalue weighted by Gasteiger charge is 2.25. The number of anilines is 1. The fraction of sp³-hybridized carbons (Fsp3) is 0.350. The maximum absolute atomic E-state index is 12.7. The van der Waals surface area contributed by atoms with Crippen molar-refractivity contribution >= 4 is 33.5 Å². The molecule has 5 heteroatoms. The van der Waals surface area contributed by atoms with Crippen LogP contribution in [0.2, 0.25) is 0 Å². The van der Waals surface area contributed by atoms with Gasteiger partial charge in [-0.2, -0.15) is 0 Å². The van der Waals surface area contributed by atoms with Crippen LogP contribution in [-0.4, -0.2) is 10.9 Å². The average Bonchev–Trinajstić information content (AvgIpc) is 2.61. The molecule has 0 bridgehead atoms. The van der Waals surface area contributed by atoms with Crippen LogP contribution in [0.4, 0.5) is 5.82 Å². The number of nitrogens with one attached hydrogen (secondary N) is 1. The molecule has 1 atom stereocenters. The Hall–Kier alpha value is -2.69. The van der Waals surface area contributed by atoms with E-state index in [1.807, 2.05) is 18.2 Å². The maximum atomic E-state index is 12.7. The van der Waals surface area contributed by atoms with Crippen molar-refractivity contribution in [1.29, 1.82) is 0 Å². The van der Waals surface area contributed by atoms with Crippen LogP contribution in [-0.2, 0) is 17.6 Å². The number of para-hydroxylation sites is 1. The molecule has 128 valence electrons. The summed E-state index contributed by atoms with van der Waals surface area (Å²) in [4.78, 5) is 29.3. The van der Waals surface area contributed by atoms with Crippen LogP contribution >= 0.6 is 0 Å². The molecule has 3 aromatic rings. The molecule has 2 heterocycles. The van der Waals surface area contributed by atoms with Crippen molar-refractivity contribution in [2.75, 3.05) is 5.32 Å². The maximum Gasteiger partial charge on any atom is 0.347 e. The standard InChI is InChI=1S/C20H20N2O3/c1-3-16(23)22-19-18-17(13-10-11(2)8-9-14(13)21-19)12-6-4-5-7-15(12)25-20(18)24/h4-7,11H,3,8-10H2,1-2H3,(H,21,22,23)/t11-/m0/s1. The summed E-state index contributed by atoms with van der Waals surface area (Å²) >= 11 is 0. The van der Waals surface area contributed by atoms with Gasteiger partial charge in [0.2, 0.25) is 5.91 Å². The Morgan fingerprint density at radius 3 is 2.92 bits per heavy atom. The summed E-state index contributed by atoms with van der Waals surface area (Å²) in [5.41, 5.74) is 2.22. The van der Waals surface area contributed by atoms with E-state index >= 15 is 0 Å². The number of aryl methyl sites for hydroxylation is 1. The van der Waals surface area contributed by atoms with Crippen molar-refractivity contribution in [3.8, 4) is 0 Å². The topological polar surface area (TPSA) is 72.2 Å². The zero-order valence-corrected chi connectivity index (χ0v) is 14.4. The molecule has 0 aliphatic heterocycles. The number of hydrogen-bond donors (Lipinski definition) is 1. The number of rotatable bonds is 2. The fourth-order valence-corrected chi connectivity index (χ4v) is 3.65. The third-order valence-corrected chi connectivity index (χ3v) is 4.95. The first-order valence-corrected chi connectivity index (χ1v) is 8.75. The SMILES string of the molecule is CCC(=O)Nc1nc2c(c3c1c(=O)oc1ccccc13)C[C@@H](C)CC2. The minimum Gasteiger partial charge on any atom is -0.422 e. The van der Waals surface area contributed by atoms with E-state index < -0.39 is 5.63 Å². The lowest BCUT2D eigenvalue weighted by Gasteiger charge is -2.24. The third kappa shape index (κ3) is 2.60. The number of amides is 1. The second-order valence-corrected chi connectivity index (χ2v) is 6.77. The highest BCUT2D eigenvalue weighted by Crippen LogP contribution is 2.36. The molecule has 0 spiro atoms. The van der Waals surface area contributed by atoms with Gasteiger partial charge in [0.1, 0.15) is 16.8 Å². The summed E-state index contributed by atoms with van der Waals surface area (Å²) in [6, 6.07) is 7.56. The second kappa shape index (κ2) is 5.99. The van der Waals surface area contributed by atoms with Gasteiger partial charge < -0.3 is 9.73 Å². The van der Waals surface area contributed by atoms with Crippen LogP contribution in [0.25, 0.3) is 21.7 Å². The van der Waals surface area contributed by atoms with Gasteiger partial charge >= 0.3 is 5.63 Å². The summed E-state index contributed by atoms with van der Waals surface area (Å²) in [6.07, 6.45) is 3.13. The molecule has 4 rings (SSSR count). The first kappa shape index (κ1) is 15.8. The van der Waals surface area contributed by atoms with Gasteiger partial charge in [-0.05, 0) is 36.8 Å². The van der Waals surface area contributed by atoms with Crippen LogP contribution in [0.3, 0.4) is 0 Å². The largest absolute Gasteiger partial charge is 0.422 e. The molecule has 1 amide bonds. The number of aromatic nitrogens is 1. The fourth-order valence-electron chi connectivity index (χ4n) is 3.65. The van der Waals surface area contributed by atoms with E-state index in [0.717, 1.165) is 41.3 Å². The highest BCUT2D eigenvalue weighted by atomic mass is 16.4. The molecule has 0 fully saturated rings. The van der Waals surface area contributed by atoms with Gasteiger partial charge in [0.25, 0.3) is 0 Å². The quantitative estimate of drug-likeness (QED) is 0.570. The Kier molecular flexibility index (Phi) is 3.79. The molecular formula is C20H20N2O3. The number of pyridine rings is 1. The molecule has 0 saturated carbocycles. The zero-order chi connectivity index (χ0) is 17.6. The second-order valence-electron chi connectivity index (χ2n) is 6.77. The summed E-state index contributed by atoms with van der Waals surface area (Å²) < 4.78 is 5.50. The van der Waals surface area contributed by atoms with Gasteiger partial charge in [-0.15, -0.1) is 0 Å². The lowest BCUT2D eigenvalue weighted by atomic mass is 9.84. The Morgan fingerprint density at radius 2 is 2.12 bits per heavy atom. The summed E-state index contributed by atoms with van der Waals surface area (Å²) in [7, 11) is 0. The van der Waals surface area contributed by atoms with Gasteiger partial charge in [-0.25, -0.2) is 9.78 Å². The van der Waals surface area contributed by atoms with Crippen LogP contribution in [0.1, 0.15) is 37.9 Å². The molecular weight excluding hydrogens is 316 g/mol. The molecule has 1 N–H and O–H groups in total. The molecule has 1 aliphatic carbocycles. The van der Waals surface area contributed by atoms with Gasteiger partial charge in [-0.3, -0.25) is 4.79 Å². The molecule has 0 radical (unpaired) electrons. The number of fused-ring (bicyclic) bond motifs is 5. The number of carbonyl (C=O) groups is 1. The predicted molar refractivity (Wildman–Crippen MR) is 97.9 cm³/mol. The van der Waals surface area contributed by atoms with E-state index in [1.54, 1.807) is 13.0 Å². The molecule has 0 unspecified atom stereocenters. The lowest BCUT2D eigenvalue weighted by molar-refractivity contribution is -0.115. The molecule has 25 heavy (non-hydrogen) atoms. The van der Waals surface area contributed by atoms with Gasteiger partial charge in [0.05, 0.1) is 0 Å². The molecule has 2 aromatic heterocycles. The number of benzene rings is 1. The van der Waals surface area contributed by atoms with Crippen molar-refractivity contribution in [2.24, 2.45) is 5.92 Å².